The third-order valence-electron chi connectivity index (χ3n) is 4.61. The van der Waals surface area contributed by atoms with Crippen LogP contribution < -0.4 is 10.2 Å². The predicted octanol–water partition coefficient (Wildman–Crippen LogP) is 2.32. The molecular formula is C19H17ClF3N5O2. The summed E-state index contributed by atoms with van der Waals surface area (Å²) >= 11 is 5.71. The summed E-state index contributed by atoms with van der Waals surface area (Å²) in [5.74, 6) is -2.03. The van der Waals surface area contributed by atoms with Crippen molar-refractivity contribution in [2.24, 2.45) is 0 Å². The number of carbonyl (C=O) groups is 1. The fourth-order valence-electron chi connectivity index (χ4n) is 3.19. The van der Waals surface area contributed by atoms with E-state index in [0.29, 0.717) is 12.0 Å². The third-order valence-corrected chi connectivity index (χ3v) is 4.80. The van der Waals surface area contributed by atoms with Crippen molar-refractivity contribution in [3.05, 3.63) is 52.4 Å². The topological polar surface area (TPSA) is 102 Å². The number of aromatic nitrogens is 2. The summed E-state index contributed by atoms with van der Waals surface area (Å²) in [6.07, 6.45) is -5.14. The van der Waals surface area contributed by atoms with Gasteiger partial charge in [0.25, 0.3) is 0 Å². The number of amides is 1. The van der Waals surface area contributed by atoms with E-state index in [2.05, 4.69) is 15.3 Å². The summed E-state index contributed by atoms with van der Waals surface area (Å²) in [5, 5.41) is 21.1. The van der Waals surface area contributed by atoms with Crippen LogP contribution in [-0.4, -0.2) is 46.2 Å². The molecule has 158 valence electrons. The van der Waals surface area contributed by atoms with Gasteiger partial charge in [0.15, 0.2) is 0 Å². The van der Waals surface area contributed by atoms with Gasteiger partial charge in [-0.2, -0.15) is 18.4 Å². The SMILES string of the molecule is N#Cc1ccc(CCNC(=O)[C@@H]2C[C@@H](O)CN2c2cc(Cl)nc(C(F)(F)F)n2)cc1. The molecule has 2 aromatic rings. The highest BCUT2D eigenvalue weighted by molar-refractivity contribution is 6.29. The van der Waals surface area contributed by atoms with E-state index in [9.17, 15) is 23.1 Å². The van der Waals surface area contributed by atoms with Gasteiger partial charge in [0, 0.05) is 25.6 Å². The van der Waals surface area contributed by atoms with E-state index in [-0.39, 0.29) is 25.3 Å². The van der Waals surface area contributed by atoms with E-state index in [1.54, 1.807) is 24.3 Å². The first-order valence-electron chi connectivity index (χ1n) is 9.00. The number of alkyl halides is 3. The van der Waals surface area contributed by atoms with Crippen LogP contribution in [-0.2, 0) is 17.4 Å². The number of rotatable bonds is 5. The molecular weight excluding hydrogens is 423 g/mol. The summed E-state index contributed by atoms with van der Waals surface area (Å²) < 4.78 is 39.0. The average molecular weight is 440 g/mol. The van der Waals surface area contributed by atoms with Crippen LogP contribution in [0.15, 0.2) is 30.3 Å². The number of aliphatic hydroxyl groups excluding tert-OH is 1. The lowest BCUT2D eigenvalue weighted by molar-refractivity contribution is -0.144. The first kappa shape index (κ1) is 21.8. The first-order chi connectivity index (χ1) is 14.2. The maximum absolute atomic E-state index is 13.0. The Labute approximate surface area is 175 Å². The Balaban J connectivity index is 1.69. The lowest BCUT2D eigenvalue weighted by Gasteiger charge is -2.25. The molecule has 30 heavy (non-hydrogen) atoms. The van der Waals surface area contributed by atoms with Crippen LogP contribution in [0.5, 0.6) is 0 Å². The number of aliphatic hydroxyl groups is 1. The zero-order chi connectivity index (χ0) is 21.9. The highest BCUT2D eigenvalue weighted by Crippen LogP contribution is 2.31. The van der Waals surface area contributed by atoms with Gasteiger partial charge < -0.3 is 15.3 Å². The zero-order valence-electron chi connectivity index (χ0n) is 15.5. The smallest absolute Gasteiger partial charge is 0.391 e. The van der Waals surface area contributed by atoms with Gasteiger partial charge in [0.05, 0.1) is 17.7 Å². The van der Waals surface area contributed by atoms with E-state index < -0.39 is 35.2 Å². The van der Waals surface area contributed by atoms with Crippen LogP contribution in [0.1, 0.15) is 23.4 Å². The second-order valence-corrected chi connectivity index (χ2v) is 7.16. The second-order valence-electron chi connectivity index (χ2n) is 6.78. The quantitative estimate of drug-likeness (QED) is 0.693. The lowest BCUT2D eigenvalue weighted by Crippen LogP contribution is -2.44. The third kappa shape index (κ3) is 5.17. The molecule has 1 aliphatic rings. The lowest BCUT2D eigenvalue weighted by atomic mass is 10.1. The zero-order valence-corrected chi connectivity index (χ0v) is 16.3. The van der Waals surface area contributed by atoms with Gasteiger partial charge in [-0.15, -0.1) is 0 Å². The van der Waals surface area contributed by atoms with Gasteiger partial charge in [-0.3, -0.25) is 4.79 Å². The molecule has 0 spiro atoms. The molecule has 1 fully saturated rings. The molecule has 3 rings (SSSR count). The summed E-state index contributed by atoms with van der Waals surface area (Å²) in [6.45, 7) is 0.224. The maximum atomic E-state index is 13.0. The Morgan fingerprint density at radius 3 is 2.67 bits per heavy atom. The molecule has 2 atom stereocenters. The Hall–Kier alpha value is -2.90. The van der Waals surface area contributed by atoms with Gasteiger partial charge in [-0.25, -0.2) is 9.97 Å². The van der Waals surface area contributed by atoms with Crippen LogP contribution in [0.2, 0.25) is 5.15 Å². The predicted molar refractivity (Wildman–Crippen MR) is 102 cm³/mol. The molecule has 7 nitrogen and oxygen atoms in total. The molecule has 1 aromatic carbocycles. The molecule has 1 amide bonds. The van der Waals surface area contributed by atoms with E-state index >= 15 is 0 Å². The van der Waals surface area contributed by atoms with Crippen molar-refractivity contribution in [2.75, 3.05) is 18.0 Å². The monoisotopic (exact) mass is 439 g/mol. The Morgan fingerprint density at radius 2 is 2.03 bits per heavy atom. The van der Waals surface area contributed by atoms with Gasteiger partial charge in [0.1, 0.15) is 17.0 Å². The highest BCUT2D eigenvalue weighted by Gasteiger charge is 2.40. The minimum atomic E-state index is -4.79. The standard InChI is InChI=1S/C19H17ClF3N5O2/c20-15-8-16(27-18(26-15)19(21,22)23)28-10-13(29)7-14(28)17(30)25-6-5-11-1-3-12(9-24)4-2-11/h1-4,8,13-14,29H,5-7,10H2,(H,25,30)/t13-,14+/m1/s1. The Kier molecular flexibility index (Phi) is 6.43. The van der Waals surface area contributed by atoms with Gasteiger partial charge in [-0.05, 0) is 24.1 Å². The van der Waals surface area contributed by atoms with Crippen LogP contribution in [0.3, 0.4) is 0 Å². The highest BCUT2D eigenvalue weighted by atomic mass is 35.5. The molecule has 1 saturated heterocycles. The fourth-order valence-corrected chi connectivity index (χ4v) is 3.37. The number of halogens is 4. The van der Waals surface area contributed by atoms with Gasteiger partial charge in [0.2, 0.25) is 11.7 Å². The second kappa shape index (κ2) is 8.85. The molecule has 0 radical (unpaired) electrons. The molecule has 2 heterocycles. The van der Waals surface area contributed by atoms with Crippen molar-refractivity contribution in [3.8, 4) is 6.07 Å². The van der Waals surface area contributed by atoms with Crippen molar-refractivity contribution in [1.29, 1.82) is 5.26 Å². The number of hydrogen-bond acceptors (Lipinski definition) is 6. The van der Waals surface area contributed by atoms with E-state index in [4.69, 9.17) is 16.9 Å². The summed E-state index contributed by atoms with van der Waals surface area (Å²) in [6, 6.07) is 9.14. The van der Waals surface area contributed by atoms with E-state index in [1.807, 2.05) is 6.07 Å². The minimum absolute atomic E-state index is 0.0473. The number of nitriles is 1. The summed E-state index contributed by atoms with van der Waals surface area (Å²) in [4.78, 5) is 20.6. The van der Waals surface area contributed by atoms with Crippen molar-refractivity contribution in [1.82, 2.24) is 15.3 Å². The molecule has 1 aliphatic heterocycles. The summed E-state index contributed by atoms with van der Waals surface area (Å²) in [5.41, 5.74) is 1.44. The van der Waals surface area contributed by atoms with Gasteiger partial charge in [-0.1, -0.05) is 23.7 Å². The van der Waals surface area contributed by atoms with Crippen LogP contribution in [0.4, 0.5) is 19.0 Å². The number of carbonyl (C=O) groups excluding carboxylic acids is 1. The molecule has 2 N–H and O–H groups in total. The molecule has 0 saturated carbocycles. The molecule has 11 heteroatoms. The number of nitrogens with zero attached hydrogens (tertiary/aromatic N) is 4. The largest absolute Gasteiger partial charge is 0.451 e. The van der Waals surface area contributed by atoms with Crippen LogP contribution in [0, 0.1) is 11.3 Å². The number of β-amino-alcohol motifs (C(OH)–C–C–N with tert-alkyl or cyclic N) is 1. The van der Waals surface area contributed by atoms with Crippen LogP contribution >= 0.6 is 11.6 Å². The number of nitrogens with one attached hydrogen (secondary N) is 1. The van der Waals surface area contributed by atoms with Gasteiger partial charge >= 0.3 is 6.18 Å². The van der Waals surface area contributed by atoms with E-state index in [1.165, 1.54) is 4.90 Å². The van der Waals surface area contributed by atoms with Crippen molar-refractivity contribution < 1.29 is 23.1 Å². The average Bonchev–Trinajstić information content (AvgIpc) is 3.09. The molecule has 0 bridgehead atoms. The van der Waals surface area contributed by atoms with Crippen molar-refractivity contribution >= 4 is 23.3 Å². The molecule has 0 unspecified atom stereocenters. The maximum Gasteiger partial charge on any atom is 0.451 e. The number of benzene rings is 1. The molecule has 0 aliphatic carbocycles. The minimum Gasteiger partial charge on any atom is -0.391 e. The summed E-state index contributed by atoms with van der Waals surface area (Å²) in [7, 11) is 0. The number of hydrogen-bond donors (Lipinski definition) is 2. The number of anilines is 1. The van der Waals surface area contributed by atoms with Crippen LogP contribution in [0.25, 0.3) is 0 Å². The Bertz CT molecular complexity index is 962. The van der Waals surface area contributed by atoms with E-state index in [0.717, 1.165) is 11.6 Å². The normalized spacial score (nSPS) is 18.9. The van der Waals surface area contributed by atoms with Crippen molar-refractivity contribution in [2.45, 2.75) is 31.2 Å². The fraction of sp³-hybridized carbons (Fsp3) is 0.368. The molecule has 1 aromatic heterocycles. The van der Waals surface area contributed by atoms with Crippen molar-refractivity contribution in [3.63, 3.8) is 0 Å². The Morgan fingerprint density at radius 1 is 1.33 bits per heavy atom. The first-order valence-corrected chi connectivity index (χ1v) is 9.38.